The largest absolute Gasteiger partial charge is 0.540 e. The average Bonchev–Trinajstić information content (AvgIpc) is 3.03. The van der Waals surface area contributed by atoms with Crippen LogP contribution in [0.5, 0.6) is 0 Å². The number of hydrogen-bond donors (Lipinski definition) is 1. The summed E-state index contributed by atoms with van der Waals surface area (Å²) < 4.78 is 0.471. The van der Waals surface area contributed by atoms with Crippen LogP contribution in [0.25, 0.3) is 11.6 Å². The summed E-state index contributed by atoms with van der Waals surface area (Å²) in [6.45, 7) is 4.41. The molecule has 1 aliphatic rings. The molecule has 2 amide bonds. The highest BCUT2D eigenvalue weighted by Crippen LogP contribution is 2.34. The van der Waals surface area contributed by atoms with Crippen molar-refractivity contribution in [3.05, 3.63) is 88.1 Å². The van der Waals surface area contributed by atoms with Crippen molar-refractivity contribution in [2.75, 3.05) is 0 Å². The highest BCUT2D eigenvalue weighted by atomic mass is 16.3. The molecule has 0 saturated carbocycles. The number of nitrogens with zero attached hydrogens (tertiary/aromatic N) is 1. The molecule has 0 spiro atoms. The Morgan fingerprint density at radius 2 is 1.69 bits per heavy atom. The Labute approximate surface area is 172 Å². The molecule has 4 nitrogen and oxygen atoms in total. The van der Waals surface area contributed by atoms with E-state index in [2.05, 4.69) is 31.3 Å². The van der Waals surface area contributed by atoms with E-state index in [-0.39, 0.29) is 0 Å². The summed E-state index contributed by atoms with van der Waals surface area (Å²) in [4.78, 5) is 24.9. The molecule has 1 aliphatic heterocycles. The lowest BCUT2D eigenvalue weighted by Crippen LogP contribution is -2.17. The van der Waals surface area contributed by atoms with Crippen LogP contribution in [0, 0.1) is 10.8 Å². The summed E-state index contributed by atoms with van der Waals surface area (Å²) in [6, 6.07) is 19.1. The van der Waals surface area contributed by atoms with Gasteiger partial charge in [0.25, 0.3) is 0 Å². The number of nitrogens with one attached hydrogen (secondary N) is 1. The van der Waals surface area contributed by atoms with E-state index in [1.54, 1.807) is 6.08 Å². The van der Waals surface area contributed by atoms with Gasteiger partial charge >= 0.3 is 6.03 Å². The third-order valence-electron chi connectivity index (χ3n) is 5.45. The second kappa shape index (κ2) is 9.97. The van der Waals surface area contributed by atoms with E-state index in [4.69, 9.17) is 0 Å². The van der Waals surface area contributed by atoms with Gasteiger partial charge < -0.3 is 0 Å². The number of benzene rings is 2. The van der Waals surface area contributed by atoms with Crippen LogP contribution in [0.4, 0.5) is 4.79 Å². The first-order valence-electron chi connectivity index (χ1n) is 10.5. The smallest absolute Gasteiger partial charge is 0.196 e. The van der Waals surface area contributed by atoms with Gasteiger partial charge in [-0.2, -0.15) is 10.1 Å². The number of allylic oxidation sites excluding steroid dienone is 1. The van der Waals surface area contributed by atoms with Crippen LogP contribution in [0.1, 0.15) is 57.1 Å². The molecular formula is C25H29N2O2+. The molecule has 1 heterocycles. The zero-order valence-electron chi connectivity index (χ0n) is 17.2. The Kier molecular flexibility index (Phi) is 7.12. The number of rotatable bonds is 8. The van der Waals surface area contributed by atoms with Crippen LogP contribution >= 0.6 is 0 Å². The molecule has 1 unspecified atom stereocenters. The predicted molar refractivity (Wildman–Crippen MR) is 118 cm³/mol. The Morgan fingerprint density at radius 3 is 2.31 bits per heavy atom. The third-order valence-corrected chi connectivity index (χ3v) is 5.45. The first-order chi connectivity index (χ1) is 14.1. The standard InChI is InChI=1S/C25H28N2O2/c1-3-5-12-19(4-2)17-22(21-15-10-7-11-16-21)24-23(27(29)25(28)26-24)18-20-13-8-6-9-14-20/h6-11,13-16,18-19H,3-5,12,17H2,1-2H3/p+1. The molecule has 4 heteroatoms. The molecule has 29 heavy (non-hydrogen) atoms. The van der Waals surface area contributed by atoms with Crippen LogP contribution in [0.3, 0.4) is 0 Å². The van der Waals surface area contributed by atoms with Crippen molar-refractivity contribution in [2.45, 2.75) is 46.0 Å². The molecule has 2 aromatic carbocycles. The van der Waals surface area contributed by atoms with Gasteiger partial charge in [0.2, 0.25) is 5.70 Å². The van der Waals surface area contributed by atoms with Crippen molar-refractivity contribution in [1.82, 2.24) is 5.32 Å². The summed E-state index contributed by atoms with van der Waals surface area (Å²) in [5.41, 5.74) is 3.98. The second-order valence-electron chi connectivity index (χ2n) is 7.50. The van der Waals surface area contributed by atoms with E-state index in [0.29, 0.717) is 22.1 Å². The van der Waals surface area contributed by atoms with Crippen molar-refractivity contribution in [1.29, 1.82) is 0 Å². The first-order valence-corrected chi connectivity index (χ1v) is 10.5. The second-order valence-corrected chi connectivity index (χ2v) is 7.50. The number of amides is 2. The lowest BCUT2D eigenvalue weighted by atomic mass is 9.87. The topological polar surface area (TPSA) is 49.2 Å². The fourth-order valence-electron chi connectivity index (χ4n) is 3.74. The van der Waals surface area contributed by atoms with Gasteiger partial charge in [-0.3, -0.25) is 0 Å². The highest BCUT2D eigenvalue weighted by molar-refractivity contribution is 5.84. The monoisotopic (exact) mass is 389 g/mol. The zero-order chi connectivity index (χ0) is 20.6. The van der Waals surface area contributed by atoms with Crippen LogP contribution in [-0.4, -0.2) is 10.8 Å². The van der Waals surface area contributed by atoms with Crippen molar-refractivity contribution in [2.24, 2.45) is 5.92 Å². The normalized spacial score (nSPS) is 18.1. The molecule has 1 N–H and O–H groups in total. The van der Waals surface area contributed by atoms with E-state index < -0.39 is 6.03 Å². The lowest BCUT2D eigenvalue weighted by Gasteiger charge is -2.17. The summed E-state index contributed by atoms with van der Waals surface area (Å²) in [6.07, 6.45) is 7.17. The fourth-order valence-corrected chi connectivity index (χ4v) is 3.74. The van der Waals surface area contributed by atoms with Gasteiger partial charge in [-0.15, -0.1) is 0 Å². The van der Waals surface area contributed by atoms with Gasteiger partial charge in [-0.1, -0.05) is 105 Å². The van der Waals surface area contributed by atoms with Gasteiger partial charge in [0, 0.05) is 11.6 Å². The van der Waals surface area contributed by atoms with Gasteiger partial charge in [0.05, 0.1) is 4.76 Å². The number of carbonyl (C=O) groups excluding carboxylic acids is 1. The quantitative estimate of drug-likeness (QED) is 0.521. The molecule has 1 saturated heterocycles. The Bertz CT molecular complexity index is 914. The molecule has 2 aromatic rings. The Hall–Kier alpha value is -3.01. The molecule has 1 fully saturated rings. The number of carbonyl (C=O) groups is 1. The Balaban J connectivity index is 2.10. The molecular weight excluding hydrogens is 360 g/mol. The van der Waals surface area contributed by atoms with Crippen molar-refractivity contribution in [3.63, 3.8) is 0 Å². The lowest BCUT2D eigenvalue weighted by molar-refractivity contribution is -0.377. The molecule has 0 aromatic heterocycles. The molecule has 0 bridgehead atoms. The third kappa shape index (κ3) is 5.08. The highest BCUT2D eigenvalue weighted by Gasteiger charge is 2.41. The maximum atomic E-state index is 12.6. The van der Waals surface area contributed by atoms with Crippen molar-refractivity contribution < 1.29 is 9.55 Å². The van der Waals surface area contributed by atoms with Gasteiger partial charge in [0.1, 0.15) is 0 Å². The van der Waals surface area contributed by atoms with E-state index in [1.165, 1.54) is 6.42 Å². The molecule has 0 aliphatic carbocycles. The van der Waals surface area contributed by atoms with E-state index in [0.717, 1.165) is 42.4 Å². The van der Waals surface area contributed by atoms with E-state index >= 15 is 0 Å². The van der Waals surface area contributed by atoms with Gasteiger partial charge in [-0.25, -0.2) is 0 Å². The molecule has 1 atom stereocenters. The van der Waals surface area contributed by atoms with E-state index in [1.807, 2.05) is 48.5 Å². The first kappa shape index (κ1) is 20.7. The van der Waals surface area contributed by atoms with Crippen LogP contribution in [0.2, 0.25) is 0 Å². The van der Waals surface area contributed by atoms with Crippen LogP contribution in [0.15, 0.2) is 72.1 Å². The Morgan fingerprint density at radius 1 is 1.03 bits per heavy atom. The number of urea groups is 1. The summed E-state index contributed by atoms with van der Waals surface area (Å²) in [5.74, 6) is 0.508. The SMILES string of the molecule is CCCCC(CC)CC(=C1NC(=O)[N+](=O)C1=Cc1ccccc1)c1ccccc1. The van der Waals surface area contributed by atoms with Crippen LogP contribution in [-0.2, 0) is 0 Å². The van der Waals surface area contributed by atoms with Gasteiger partial charge in [0.15, 0.2) is 5.70 Å². The van der Waals surface area contributed by atoms with Gasteiger partial charge in [-0.05, 0) is 23.5 Å². The number of nitroso groups, excluding NO2 is 1. The summed E-state index contributed by atoms with van der Waals surface area (Å²) in [7, 11) is 0. The zero-order valence-corrected chi connectivity index (χ0v) is 17.2. The van der Waals surface area contributed by atoms with E-state index in [9.17, 15) is 9.70 Å². The summed E-state index contributed by atoms with van der Waals surface area (Å²) >= 11 is 0. The number of unbranched alkanes of at least 4 members (excludes halogenated alkanes) is 1. The maximum absolute atomic E-state index is 12.6. The van der Waals surface area contributed by atoms with Crippen molar-refractivity contribution >= 4 is 17.7 Å². The molecule has 3 rings (SSSR count). The minimum Gasteiger partial charge on any atom is -0.196 e. The minimum absolute atomic E-state index is 0.380. The average molecular weight is 390 g/mol. The fraction of sp³-hybridized carbons (Fsp3) is 0.320. The number of hydrogen-bond acceptors (Lipinski definition) is 2. The molecule has 150 valence electrons. The summed E-state index contributed by atoms with van der Waals surface area (Å²) in [5, 5.41) is 2.84. The minimum atomic E-state index is -0.628. The predicted octanol–water partition coefficient (Wildman–Crippen LogP) is 6.55. The maximum Gasteiger partial charge on any atom is 0.540 e. The van der Waals surface area contributed by atoms with Crippen molar-refractivity contribution in [3.8, 4) is 0 Å². The molecule has 0 radical (unpaired) electrons. The van der Waals surface area contributed by atoms with Crippen LogP contribution < -0.4 is 5.32 Å².